The zero-order valence-corrected chi connectivity index (χ0v) is 8.98. The molecule has 1 aromatic rings. The van der Waals surface area contributed by atoms with Crippen LogP contribution in [-0.4, -0.2) is 20.9 Å². The van der Waals surface area contributed by atoms with E-state index in [-0.39, 0.29) is 17.7 Å². The highest BCUT2D eigenvalue weighted by atomic mass is 16.4. The first-order chi connectivity index (χ1) is 7.43. The van der Waals surface area contributed by atoms with Crippen LogP contribution in [0, 0.1) is 13.8 Å². The van der Waals surface area contributed by atoms with Crippen molar-refractivity contribution < 1.29 is 9.90 Å². The Balaban J connectivity index is 3.12. The molecule has 0 aliphatic rings. The van der Waals surface area contributed by atoms with Gasteiger partial charge in [-0.05, 0) is 13.8 Å². The standard InChI is InChI=1S/C10H12N2O4/c1-6-7(2)10(16)12(11-9(6)15)5-3-4-8(13)14/h3-4H,5H2,1-2H3,(H,11,15)(H,13,14). The Hall–Kier alpha value is -2.11. The molecule has 1 aromatic heterocycles. The Morgan fingerprint density at radius 2 is 2.00 bits per heavy atom. The van der Waals surface area contributed by atoms with Crippen LogP contribution in [0.4, 0.5) is 0 Å². The molecule has 6 nitrogen and oxygen atoms in total. The molecule has 0 atom stereocenters. The first-order valence-corrected chi connectivity index (χ1v) is 4.63. The topological polar surface area (TPSA) is 92.2 Å². The SMILES string of the molecule is Cc1c(C)c(=O)n(CC=CC(=O)O)[nH]c1=O. The molecule has 1 rings (SSSR count). The number of aromatic nitrogens is 2. The molecule has 16 heavy (non-hydrogen) atoms. The lowest BCUT2D eigenvalue weighted by Crippen LogP contribution is -2.32. The number of nitrogens with one attached hydrogen (secondary N) is 1. The van der Waals surface area contributed by atoms with E-state index in [0.29, 0.717) is 11.1 Å². The van der Waals surface area contributed by atoms with E-state index < -0.39 is 5.97 Å². The summed E-state index contributed by atoms with van der Waals surface area (Å²) in [6.45, 7) is 3.15. The summed E-state index contributed by atoms with van der Waals surface area (Å²) in [4.78, 5) is 33.2. The van der Waals surface area contributed by atoms with Crippen molar-refractivity contribution in [3.05, 3.63) is 44.0 Å². The molecule has 1 heterocycles. The van der Waals surface area contributed by atoms with Gasteiger partial charge in [-0.3, -0.25) is 14.7 Å². The molecule has 0 bridgehead atoms. The van der Waals surface area contributed by atoms with Crippen LogP contribution < -0.4 is 11.1 Å². The second-order valence-corrected chi connectivity index (χ2v) is 3.35. The Kier molecular flexibility index (Phi) is 3.44. The van der Waals surface area contributed by atoms with Gasteiger partial charge in [0.05, 0.1) is 6.54 Å². The summed E-state index contributed by atoms with van der Waals surface area (Å²) >= 11 is 0. The van der Waals surface area contributed by atoms with Crippen molar-refractivity contribution in [3.8, 4) is 0 Å². The highest BCUT2D eigenvalue weighted by molar-refractivity contribution is 5.79. The summed E-state index contributed by atoms with van der Waals surface area (Å²) in [6.07, 6.45) is 2.20. The maximum absolute atomic E-state index is 11.6. The predicted octanol–water partition coefficient (Wildman–Crippen LogP) is -0.206. The summed E-state index contributed by atoms with van der Waals surface area (Å²) in [5, 5.41) is 10.7. The number of allylic oxidation sites excluding steroid dienone is 1. The Morgan fingerprint density at radius 1 is 1.38 bits per heavy atom. The smallest absolute Gasteiger partial charge is 0.328 e. The molecule has 0 radical (unpaired) electrons. The predicted molar refractivity (Wildman–Crippen MR) is 57.6 cm³/mol. The number of carbonyl (C=O) groups is 1. The largest absolute Gasteiger partial charge is 0.478 e. The van der Waals surface area contributed by atoms with Gasteiger partial charge in [-0.1, -0.05) is 6.08 Å². The molecule has 2 N–H and O–H groups in total. The maximum atomic E-state index is 11.6. The molecule has 0 saturated heterocycles. The molecular formula is C10H12N2O4. The van der Waals surface area contributed by atoms with Gasteiger partial charge in [0.15, 0.2) is 0 Å². The van der Waals surface area contributed by atoms with E-state index in [4.69, 9.17) is 5.11 Å². The number of nitrogens with zero attached hydrogens (tertiary/aromatic N) is 1. The number of hydrogen-bond donors (Lipinski definition) is 2. The molecule has 0 fully saturated rings. The third-order valence-electron chi connectivity index (χ3n) is 2.25. The Bertz CT molecular complexity index is 551. The lowest BCUT2D eigenvalue weighted by atomic mass is 10.2. The Morgan fingerprint density at radius 3 is 2.56 bits per heavy atom. The zero-order chi connectivity index (χ0) is 12.3. The third-order valence-corrected chi connectivity index (χ3v) is 2.25. The lowest BCUT2D eigenvalue weighted by molar-refractivity contribution is -0.131. The third kappa shape index (κ3) is 2.47. The highest BCUT2D eigenvalue weighted by Crippen LogP contribution is 1.91. The first-order valence-electron chi connectivity index (χ1n) is 4.63. The number of carboxylic acid groups (broad SMARTS) is 1. The molecule has 86 valence electrons. The van der Waals surface area contributed by atoms with Crippen molar-refractivity contribution in [2.45, 2.75) is 20.4 Å². The van der Waals surface area contributed by atoms with Gasteiger partial charge < -0.3 is 5.11 Å². The van der Waals surface area contributed by atoms with Crippen molar-refractivity contribution in [1.82, 2.24) is 9.78 Å². The minimum atomic E-state index is -1.10. The van der Waals surface area contributed by atoms with E-state index in [1.54, 1.807) is 13.8 Å². The molecular weight excluding hydrogens is 212 g/mol. The number of H-pyrrole nitrogens is 1. The van der Waals surface area contributed by atoms with E-state index in [0.717, 1.165) is 10.8 Å². The minimum absolute atomic E-state index is 0.0293. The van der Waals surface area contributed by atoms with Gasteiger partial charge in [0.25, 0.3) is 11.1 Å². The minimum Gasteiger partial charge on any atom is -0.478 e. The quantitative estimate of drug-likeness (QED) is 0.695. The van der Waals surface area contributed by atoms with Gasteiger partial charge in [-0.25, -0.2) is 9.48 Å². The summed E-state index contributed by atoms with van der Waals surface area (Å²) in [6, 6.07) is 0. The summed E-state index contributed by atoms with van der Waals surface area (Å²) < 4.78 is 1.07. The molecule has 0 unspecified atom stereocenters. The first kappa shape index (κ1) is 12.0. The van der Waals surface area contributed by atoms with Crippen molar-refractivity contribution in [2.24, 2.45) is 0 Å². The van der Waals surface area contributed by atoms with Crippen LogP contribution in [-0.2, 0) is 11.3 Å². The van der Waals surface area contributed by atoms with Crippen LogP contribution in [0.1, 0.15) is 11.1 Å². The van der Waals surface area contributed by atoms with Gasteiger partial charge in [0.2, 0.25) is 0 Å². The van der Waals surface area contributed by atoms with E-state index in [1.165, 1.54) is 6.08 Å². The van der Waals surface area contributed by atoms with Crippen molar-refractivity contribution >= 4 is 5.97 Å². The molecule has 0 amide bonds. The lowest BCUT2D eigenvalue weighted by Gasteiger charge is -2.04. The number of aliphatic carboxylic acids is 1. The van der Waals surface area contributed by atoms with Gasteiger partial charge in [-0.2, -0.15) is 0 Å². The van der Waals surface area contributed by atoms with Crippen LogP contribution in [0.5, 0.6) is 0 Å². The molecule has 6 heteroatoms. The number of rotatable bonds is 3. The van der Waals surface area contributed by atoms with Crippen molar-refractivity contribution in [1.29, 1.82) is 0 Å². The van der Waals surface area contributed by atoms with E-state index in [1.807, 2.05) is 0 Å². The molecule has 0 aliphatic carbocycles. The second-order valence-electron chi connectivity index (χ2n) is 3.35. The zero-order valence-electron chi connectivity index (χ0n) is 8.98. The molecule has 0 saturated carbocycles. The Labute approximate surface area is 90.8 Å². The van der Waals surface area contributed by atoms with E-state index >= 15 is 0 Å². The number of hydrogen-bond acceptors (Lipinski definition) is 3. The van der Waals surface area contributed by atoms with E-state index in [9.17, 15) is 14.4 Å². The van der Waals surface area contributed by atoms with Crippen LogP contribution in [0.25, 0.3) is 0 Å². The van der Waals surface area contributed by atoms with Gasteiger partial charge >= 0.3 is 5.97 Å². The fourth-order valence-corrected chi connectivity index (χ4v) is 1.18. The van der Waals surface area contributed by atoms with Crippen molar-refractivity contribution in [3.63, 3.8) is 0 Å². The van der Waals surface area contributed by atoms with Crippen molar-refractivity contribution in [2.75, 3.05) is 0 Å². The average Bonchev–Trinajstić information content (AvgIpc) is 2.22. The van der Waals surface area contributed by atoms with Gasteiger partial charge in [0.1, 0.15) is 0 Å². The second kappa shape index (κ2) is 4.61. The highest BCUT2D eigenvalue weighted by Gasteiger charge is 2.05. The summed E-state index contributed by atoms with van der Waals surface area (Å²) in [7, 11) is 0. The number of carboxylic acids is 1. The molecule has 0 spiro atoms. The maximum Gasteiger partial charge on any atom is 0.328 e. The summed E-state index contributed by atoms with van der Waals surface area (Å²) in [5.41, 5.74) is 0.0731. The summed E-state index contributed by atoms with van der Waals surface area (Å²) in [5.74, 6) is -1.10. The van der Waals surface area contributed by atoms with Gasteiger partial charge in [0, 0.05) is 17.2 Å². The monoisotopic (exact) mass is 224 g/mol. The van der Waals surface area contributed by atoms with Crippen LogP contribution in [0.3, 0.4) is 0 Å². The van der Waals surface area contributed by atoms with Crippen LogP contribution in [0.15, 0.2) is 21.7 Å². The fraction of sp³-hybridized carbons (Fsp3) is 0.300. The average molecular weight is 224 g/mol. The van der Waals surface area contributed by atoms with Crippen LogP contribution in [0.2, 0.25) is 0 Å². The van der Waals surface area contributed by atoms with Gasteiger partial charge in [-0.15, -0.1) is 0 Å². The number of aromatic amines is 1. The fourth-order valence-electron chi connectivity index (χ4n) is 1.18. The molecule has 0 aromatic carbocycles. The molecule has 0 aliphatic heterocycles. The van der Waals surface area contributed by atoms with E-state index in [2.05, 4.69) is 5.10 Å². The normalized spacial score (nSPS) is 10.9. The van der Waals surface area contributed by atoms with Crippen LogP contribution >= 0.6 is 0 Å².